The molecule has 17 heavy (non-hydrogen) atoms. The van der Waals surface area contributed by atoms with Crippen molar-refractivity contribution in [1.82, 2.24) is 10.3 Å². The first-order chi connectivity index (χ1) is 8.38. The van der Waals surface area contributed by atoms with Crippen molar-refractivity contribution < 1.29 is 9.47 Å². The smallest absolute Gasteiger partial charge is 0.145 e. The molecular weight excluding hydrogens is 218 g/mol. The molecule has 4 heterocycles. The van der Waals surface area contributed by atoms with Gasteiger partial charge in [-0.25, -0.2) is 0 Å². The Hall–Kier alpha value is -1.33. The zero-order chi connectivity index (χ0) is 11.7. The highest BCUT2D eigenvalue weighted by atomic mass is 16.5. The molecule has 92 valence electrons. The molecule has 1 N–H and O–H groups in total. The summed E-state index contributed by atoms with van der Waals surface area (Å²) in [5, 5.41) is 3.49. The van der Waals surface area contributed by atoms with Crippen molar-refractivity contribution in [2.45, 2.75) is 12.1 Å². The summed E-state index contributed by atoms with van der Waals surface area (Å²) in [6, 6.07) is 2.67. The highest BCUT2D eigenvalue weighted by Crippen LogP contribution is 2.30. The average Bonchev–Trinajstić information content (AvgIpc) is 2.73. The van der Waals surface area contributed by atoms with E-state index >= 15 is 0 Å². The molecule has 0 aliphatic carbocycles. The lowest BCUT2D eigenvalue weighted by Crippen LogP contribution is -2.56. The molecule has 3 aliphatic heterocycles. The van der Waals surface area contributed by atoms with E-state index in [1.54, 1.807) is 13.3 Å². The Morgan fingerprint density at radius 3 is 3.35 bits per heavy atom. The lowest BCUT2D eigenvalue weighted by Gasteiger charge is -2.38. The third-order valence-electron chi connectivity index (χ3n) is 3.42. The topological polar surface area (TPSA) is 46.6 Å². The van der Waals surface area contributed by atoms with Gasteiger partial charge in [0.25, 0.3) is 0 Å². The summed E-state index contributed by atoms with van der Waals surface area (Å²) in [7, 11) is 1.70. The highest BCUT2D eigenvalue weighted by Gasteiger charge is 2.33. The molecule has 0 radical (unpaired) electrons. The van der Waals surface area contributed by atoms with E-state index in [1.807, 2.05) is 12.3 Å². The number of rotatable bonds is 2. The SMILES string of the molecule is COc1ccncc1N1CC2COCC1CN2. The number of aromatic nitrogens is 1. The third-order valence-corrected chi connectivity index (χ3v) is 3.42. The van der Waals surface area contributed by atoms with E-state index in [0.29, 0.717) is 12.1 Å². The second-order valence-corrected chi connectivity index (χ2v) is 4.50. The number of hydrogen-bond acceptors (Lipinski definition) is 5. The molecule has 3 fully saturated rings. The Labute approximate surface area is 101 Å². The molecule has 2 bridgehead atoms. The summed E-state index contributed by atoms with van der Waals surface area (Å²) in [4.78, 5) is 6.55. The van der Waals surface area contributed by atoms with Gasteiger partial charge in [0.05, 0.1) is 38.2 Å². The number of nitrogens with zero attached hydrogens (tertiary/aromatic N) is 2. The summed E-state index contributed by atoms with van der Waals surface area (Å²) >= 11 is 0. The molecule has 4 rings (SSSR count). The predicted octanol–water partition coefficient (Wildman–Crippen LogP) is 0.267. The molecule has 2 atom stereocenters. The van der Waals surface area contributed by atoms with Gasteiger partial charge in [0, 0.05) is 31.4 Å². The van der Waals surface area contributed by atoms with Crippen LogP contribution in [0.5, 0.6) is 5.75 Å². The number of ether oxygens (including phenoxy) is 2. The van der Waals surface area contributed by atoms with Crippen molar-refractivity contribution in [1.29, 1.82) is 0 Å². The van der Waals surface area contributed by atoms with E-state index in [9.17, 15) is 0 Å². The molecule has 1 aromatic heterocycles. The van der Waals surface area contributed by atoms with Gasteiger partial charge in [0.2, 0.25) is 0 Å². The Morgan fingerprint density at radius 2 is 2.47 bits per heavy atom. The number of nitrogens with one attached hydrogen (secondary N) is 1. The molecule has 5 nitrogen and oxygen atoms in total. The second kappa shape index (κ2) is 4.50. The number of hydrogen-bond donors (Lipinski definition) is 1. The second-order valence-electron chi connectivity index (χ2n) is 4.50. The van der Waals surface area contributed by atoms with Crippen molar-refractivity contribution in [2.75, 3.05) is 38.3 Å². The quantitative estimate of drug-likeness (QED) is 0.797. The Balaban J connectivity index is 1.92. The fraction of sp³-hybridized carbons (Fsp3) is 0.583. The van der Waals surface area contributed by atoms with Crippen molar-refractivity contribution in [2.24, 2.45) is 0 Å². The molecule has 2 unspecified atom stereocenters. The zero-order valence-electron chi connectivity index (χ0n) is 9.93. The maximum Gasteiger partial charge on any atom is 0.145 e. The molecular formula is C12H17N3O2. The van der Waals surface area contributed by atoms with Crippen LogP contribution in [-0.2, 0) is 4.74 Å². The van der Waals surface area contributed by atoms with E-state index in [4.69, 9.17) is 9.47 Å². The Kier molecular flexibility index (Phi) is 2.86. The minimum Gasteiger partial charge on any atom is -0.494 e. The first kappa shape index (κ1) is 10.8. The number of pyridine rings is 1. The van der Waals surface area contributed by atoms with E-state index in [1.165, 1.54) is 0 Å². The normalized spacial score (nSPS) is 27.9. The predicted molar refractivity (Wildman–Crippen MR) is 64.5 cm³/mol. The Bertz CT molecular complexity index is 395. The number of anilines is 1. The van der Waals surface area contributed by atoms with Gasteiger partial charge in [-0.3, -0.25) is 4.98 Å². The van der Waals surface area contributed by atoms with Gasteiger partial charge in [-0.2, -0.15) is 0 Å². The van der Waals surface area contributed by atoms with Crippen LogP contribution in [-0.4, -0.2) is 50.5 Å². The van der Waals surface area contributed by atoms with Crippen LogP contribution in [0.1, 0.15) is 0 Å². The van der Waals surface area contributed by atoms with Crippen LogP contribution in [0.4, 0.5) is 5.69 Å². The zero-order valence-corrected chi connectivity index (χ0v) is 9.93. The molecule has 5 heteroatoms. The molecule has 3 aliphatic rings. The van der Waals surface area contributed by atoms with Gasteiger partial charge in [-0.1, -0.05) is 0 Å². The summed E-state index contributed by atoms with van der Waals surface area (Å²) < 4.78 is 11.0. The Morgan fingerprint density at radius 1 is 1.53 bits per heavy atom. The molecule has 3 saturated heterocycles. The van der Waals surface area contributed by atoms with Crippen LogP contribution < -0.4 is 15.0 Å². The molecule has 0 aromatic carbocycles. The standard InChI is InChI=1S/C12H17N3O2/c1-16-12-2-3-13-5-11(12)15-6-9-7-17-8-10(15)4-14-9/h2-3,5,9-10,14H,4,6-8H2,1H3. The maximum atomic E-state index is 5.64. The summed E-state index contributed by atoms with van der Waals surface area (Å²) in [6.45, 7) is 3.46. The van der Waals surface area contributed by atoms with Crippen molar-refractivity contribution in [3.63, 3.8) is 0 Å². The lowest BCUT2D eigenvalue weighted by molar-refractivity contribution is 0.139. The fourth-order valence-corrected chi connectivity index (χ4v) is 2.53. The van der Waals surface area contributed by atoms with E-state index in [2.05, 4.69) is 15.2 Å². The van der Waals surface area contributed by atoms with Crippen LogP contribution in [0.2, 0.25) is 0 Å². The monoisotopic (exact) mass is 235 g/mol. The number of methoxy groups -OCH3 is 1. The summed E-state index contributed by atoms with van der Waals surface area (Å²) in [5.74, 6) is 0.882. The third kappa shape index (κ3) is 1.96. The largest absolute Gasteiger partial charge is 0.494 e. The van der Waals surface area contributed by atoms with Gasteiger partial charge in [0.1, 0.15) is 5.75 Å². The van der Waals surface area contributed by atoms with Crippen LogP contribution in [0.3, 0.4) is 0 Å². The summed E-state index contributed by atoms with van der Waals surface area (Å²) in [5.41, 5.74) is 1.07. The molecule has 0 spiro atoms. The van der Waals surface area contributed by atoms with E-state index < -0.39 is 0 Å². The average molecular weight is 235 g/mol. The minimum absolute atomic E-state index is 0.367. The number of piperazine rings is 1. The molecule has 0 amide bonds. The van der Waals surface area contributed by atoms with E-state index in [0.717, 1.165) is 37.7 Å². The van der Waals surface area contributed by atoms with Gasteiger partial charge in [-0.15, -0.1) is 0 Å². The lowest BCUT2D eigenvalue weighted by atomic mass is 10.1. The highest BCUT2D eigenvalue weighted by molar-refractivity contribution is 5.58. The van der Waals surface area contributed by atoms with Crippen LogP contribution in [0, 0.1) is 0 Å². The van der Waals surface area contributed by atoms with Gasteiger partial charge in [0.15, 0.2) is 0 Å². The fourth-order valence-electron chi connectivity index (χ4n) is 2.53. The number of fused-ring (bicyclic) bond motifs is 4. The van der Waals surface area contributed by atoms with E-state index in [-0.39, 0.29) is 0 Å². The first-order valence-corrected chi connectivity index (χ1v) is 5.94. The first-order valence-electron chi connectivity index (χ1n) is 5.94. The van der Waals surface area contributed by atoms with Crippen molar-refractivity contribution in [3.05, 3.63) is 18.5 Å². The van der Waals surface area contributed by atoms with Crippen molar-refractivity contribution >= 4 is 5.69 Å². The van der Waals surface area contributed by atoms with Crippen LogP contribution in [0.15, 0.2) is 18.5 Å². The van der Waals surface area contributed by atoms with Gasteiger partial charge < -0.3 is 19.7 Å². The molecule has 1 aromatic rings. The maximum absolute atomic E-state index is 5.64. The van der Waals surface area contributed by atoms with Crippen LogP contribution >= 0.6 is 0 Å². The van der Waals surface area contributed by atoms with Gasteiger partial charge >= 0.3 is 0 Å². The molecule has 0 saturated carbocycles. The summed E-state index contributed by atoms with van der Waals surface area (Å²) in [6.07, 6.45) is 3.63. The van der Waals surface area contributed by atoms with Gasteiger partial charge in [-0.05, 0) is 0 Å². The minimum atomic E-state index is 0.367. The van der Waals surface area contributed by atoms with Crippen molar-refractivity contribution in [3.8, 4) is 5.75 Å². The van der Waals surface area contributed by atoms with Crippen LogP contribution in [0.25, 0.3) is 0 Å².